The summed E-state index contributed by atoms with van der Waals surface area (Å²) < 4.78 is 6.75. The number of halogens is 2. The molecular formula is C28H23Cl2N3O5. The minimum absolute atomic E-state index is 0.00482. The number of amides is 1. The normalized spacial score (nSPS) is 11.6. The maximum atomic E-state index is 13.3. The number of rotatable bonds is 9. The Morgan fingerprint density at radius 3 is 2.24 bits per heavy atom. The highest BCUT2D eigenvalue weighted by atomic mass is 35.5. The summed E-state index contributed by atoms with van der Waals surface area (Å²) in [4.78, 5) is 37.9. The van der Waals surface area contributed by atoms with Crippen molar-refractivity contribution < 1.29 is 19.4 Å². The van der Waals surface area contributed by atoms with Crippen molar-refractivity contribution in [3.8, 4) is 16.9 Å². The maximum Gasteiger partial charge on any atom is 0.326 e. The fourth-order valence-corrected chi connectivity index (χ4v) is 4.52. The summed E-state index contributed by atoms with van der Waals surface area (Å²) in [5.74, 6) is -1.59. The van der Waals surface area contributed by atoms with Crippen LogP contribution in [-0.4, -0.2) is 39.9 Å². The van der Waals surface area contributed by atoms with Crippen molar-refractivity contribution in [1.82, 2.24) is 15.1 Å². The third-order valence-corrected chi connectivity index (χ3v) is 6.51. The first-order chi connectivity index (χ1) is 18.3. The monoisotopic (exact) mass is 551 g/mol. The topological polar surface area (TPSA) is 111 Å². The van der Waals surface area contributed by atoms with Crippen LogP contribution in [0.4, 0.5) is 0 Å². The van der Waals surface area contributed by atoms with E-state index in [-0.39, 0.29) is 27.6 Å². The van der Waals surface area contributed by atoms with Crippen molar-refractivity contribution in [2.45, 2.75) is 19.0 Å². The lowest BCUT2D eigenvalue weighted by Crippen LogP contribution is -2.42. The minimum Gasteiger partial charge on any atom is -0.494 e. The predicted octanol–water partition coefficient (Wildman–Crippen LogP) is 4.70. The summed E-state index contributed by atoms with van der Waals surface area (Å²) in [6.07, 6.45) is 1.48. The Kier molecular flexibility index (Phi) is 8.45. The SMILES string of the molecule is COc1cnn(Cc2ccccc2)c(=O)c1-c1ccc(C[C@H](NC(=O)c2c(Cl)cccc2Cl)C(=O)O)cc1. The number of aliphatic carboxylic acids is 1. The van der Waals surface area contributed by atoms with Gasteiger partial charge in [-0.15, -0.1) is 0 Å². The van der Waals surface area contributed by atoms with Gasteiger partial charge in [-0.3, -0.25) is 9.59 Å². The highest BCUT2D eigenvalue weighted by Crippen LogP contribution is 2.27. The van der Waals surface area contributed by atoms with Crippen LogP contribution in [0.5, 0.6) is 5.75 Å². The van der Waals surface area contributed by atoms with E-state index in [0.29, 0.717) is 29.0 Å². The Balaban J connectivity index is 1.57. The Bertz CT molecular complexity index is 1500. The number of carboxylic acids is 1. The van der Waals surface area contributed by atoms with Gasteiger partial charge < -0.3 is 15.2 Å². The Morgan fingerprint density at radius 2 is 1.63 bits per heavy atom. The average Bonchev–Trinajstić information content (AvgIpc) is 2.90. The minimum atomic E-state index is -1.24. The Labute approximate surface area is 228 Å². The highest BCUT2D eigenvalue weighted by molar-refractivity contribution is 6.39. The number of benzene rings is 3. The quantitative estimate of drug-likeness (QED) is 0.312. The molecule has 4 aromatic rings. The van der Waals surface area contributed by atoms with Gasteiger partial charge in [-0.2, -0.15) is 5.10 Å². The molecule has 8 nitrogen and oxygen atoms in total. The van der Waals surface area contributed by atoms with Crippen LogP contribution in [0.3, 0.4) is 0 Å². The zero-order valence-electron chi connectivity index (χ0n) is 20.2. The molecule has 1 atom stereocenters. The van der Waals surface area contributed by atoms with Gasteiger partial charge in [-0.05, 0) is 28.8 Å². The van der Waals surface area contributed by atoms with Crippen LogP contribution < -0.4 is 15.6 Å². The Hall–Kier alpha value is -4.14. The van der Waals surface area contributed by atoms with E-state index in [4.69, 9.17) is 27.9 Å². The molecular weight excluding hydrogens is 529 g/mol. The summed E-state index contributed by atoms with van der Waals surface area (Å²) >= 11 is 12.2. The fourth-order valence-electron chi connectivity index (χ4n) is 3.95. The van der Waals surface area contributed by atoms with Crippen LogP contribution in [0.1, 0.15) is 21.5 Å². The van der Waals surface area contributed by atoms with Gasteiger partial charge in [0.1, 0.15) is 6.04 Å². The summed E-state index contributed by atoms with van der Waals surface area (Å²) in [5.41, 5.74) is 2.15. The first kappa shape index (κ1) is 26.9. The van der Waals surface area contributed by atoms with Gasteiger partial charge in [0.05, 0.1) is 41.0 Å². The smallest absolute Gasteiger partial charge is 0.326 e. The molecule has 38 heavy (non-hydrogen) atoms. The van der Waals surface area contributed by atoms with E-state index in [2.05, 4.69) is 10.4 Å². The van der Waals surface area contributed by atoms with Gasteiger partial charge in [0.15, 0.2) is 5.75 Å². The van der Waals surface area contributed by atoms with Crippen molar-refractivity contribution in [2.75, 3.05) is 7.11 Å². The molecule has 1 amide bonds. The summed E-state index contributed by atoms with van der Waals surface area (Å²) in [6, 6.07) is 19.6. The number of nitrogens with zero attached hydrogens (tertiary/aromatic N) is 2. The van der Waals surface area contributed by atoms with Gasteiger partial charge in [0, 0.05) is 6.42 Å². The molecule has 1 heterocycles. The van der Waals surface area contributed by atoms with E-state index in [1.165, 1.54) is 30.1 Å². The molecule has 1 aromatic heterocycles. The molecule has 0 saturated heterocycles. The molecule has 0 bridgehead atoms. The molecule has 0 saturated carbocycles. The largest absolute Gasteiger partial charge is 0.494 e. The third-order valence-electron chi connectivity index (χ3n) is 5.88. The van der Waals surface area contributed by atoms with Crippen LogP contribution in [0.2, 0.25) is 10.0 Å². The second kappa shape index (κ2) is 11.9. The molecule has 2 N–H and O–H groups in total. The van der Waals surface area contributed by atoms with Crippen molar-refractivity contribution in [1.29, 1.82) is 0 Å². The highest BCUT2D eigenvalue weighted by Gasteiger charge is 2.24. The molecule has 4 rings (SSSR count). The van der Waals surface area contributed by atoms with E-state index in [0.717, 1.165) is 5.56 Å². The van der Waals surface area contributed by atoms with Gasteiger partial charge in [0.2, 0.25) is 0 Å². The second-order valence-corrected chi connectivity index (χ2v) is 9.21. The van der Waals surface area contributed by atoms with E-state index in [1.54, 1.807) is 30.3 Å². The van der Waals surface area contributed by atoms with E-state index < -0.39 is 17.9 Å². The molecule has 10 heteroatoms. The number of hydrogen-bond acceptors (Lipinski definition) is 5. The molecule has 0 radical (unpaired) electrons. The zero-order valence-corrected chi connectivity index (χ0v) is 21.7. The van der Waals surface area contributed by atoms with Gasteiger partial charge in [-0.1, -0.05) is 83.9 Å². The van der Waals surface area contributed by atoms with Crippen LogP contribution in [0.25, 0.3) is 11.1 Å². The standard InChI is InChI=1S/C28H23Cl2N3O5/c1-38-23-15-31-33(16-18-6-3-2-4-7-18)27(35)24(23)19-12-10-17(11-13-19)14-22(28(36)37)32-26(34)25-20(29)8-5-9-21(25)30/h2-13,15,22H,14,16H2,1H3,(H,32,34)(H,36,37)/t22-/m0/s1. The van der Waals surface area contributed by atoms with Crippen molar-refractivity contribution in [3.05, 3.63) is 116 Å². The fraction of sp³-hybridized carbons (Fsp3) is 0.143. The molecule has 0 aliphatic carbocycles. The molecule has 0 aliphatic heterocycles. The first-order valence-corrected chi connectivity index (χ1v) is 12.3. The van der Waals surface area contributed by atoms with E-state index in [9.17, 15) is 19.5 Å². The number of aromatic nitrogens is 2. The number of methoxy groups -OCH3 is 1. The average molecular weight is 552 g/mol. The number of hydrogen-bond donors (Lipinski definition) is 2. The maximum absolute atomic E-state index is 13.3. The molecule has 3 aromatic carbocycles. The van der Waals surface area contributed by atoms with E-state index in [1.807, 2.05) is 30.3 Å². The molecule has 0 spiro atoms. The molecule has 0 unspecified atom stereocenters. The summed E-state index contributed by atoms with van der Waals surface area (Å²) in [7, 11) is 1.46. The lowest BCUT2D eigenvalue weighted by Gasteiger charge is -2.16. The lowest BCUT2D eigenvalue weighted by molar-refractivity contribution is -0.139. The zero-order chi connectivity index (χ0) is 27.2. The van der Waals surface area contributed by atoms with Gasteiger partial charge in [0.25, 0.3) is 11.5 Å². The van der Waals surface area contributed by atoms with E-state index >= 15 is 0 Å². The molecule has 0 aliphatic rings. The van der Waals surface area contributed by atoms with Crippen LogP contribution >= 0.6 is 23.2 Å². The number of carbonyl (C=O) groups excluding carboxylic acids is 1. The van der Waals surface area contributed by atoms with Gasteiger partial charge >= 0.3 is 5.97 Å². The first-order valence-electron chi connectivity index (χ1n) is 11.5. The van der Waals surface area contributed by atoms with Gasteiger partial charge in [-0.25, -0.2) is 9.48 Å². The van der Waals surface area contributed by atoms with Crippen LogP contribution in [-0.2, 0) is 17.8 Å². The summed E-state index contributed by atoms with van der Waals surface area (Å²) in [6.45, 7) is 0.296. The summed E-state index contributed by atoms with van der Waals surface area (Å²) in [5, 5.41) is 16.7. The van der Waals surface area contributed by atoms with Crippen molar-refractivity contribution in [3.63, 3.8) is 0 Å². The predicted molar refractivity (Wildman–Crippen MR) is 145 cm³/mol. The second-order valence-electron chi connectivity index (χ2n) is 8.40. The molecule has 0 fully saturated rings. The third kappa shape index (κ3) is 6.04. The Morgan fingerprint density at radius 1 is 0.974 bits per heavy atom. The number of ether oxygens (including phenoxy) is 1. The lowest BCUT2D eigenvalue weighted by atomic mass is 10.0. The molecule has 194 valence electrons. The number of carboxylic acid groups (broad SMARTS) is 1. The van der Waals surface area contributed by atoms with Crippen molar-refractivity contribution >= 4 is 35.1 Å². The van der Waals surface area contributed by atoms with Crippen molar-refractivity contribution in [2.24, 2.45) is 0 Å². The number of carbonyl (C=O) groups is 2. The van der Waals surface area contributed by atoms with Crippen LogP contribution in [0, 0.1) is 0 Å². The van der Waals surface area contributed by atoms with Crippen LogP contribution in [0.15, 0.2) is 83.8 Å². The number of nitrogens with one attached hydrogen (secondary N) is 1.